The number of nitriles is 1. The van der Waals surface area contributed by atoms with Crippen molar-refractivity contribution in [1.29, 1.82) is 5.26 Å². The summed E-state index contributed by atoms with van der Waals surface area (Å²) >= 11 is 0. The number of carbonyl (C=O) groups excluding carboxylic acids is 1. The number of amides is 1. The zero-order chi connectivity index (χ0) is 16.8. The van der Waals surface area contributed by atoms with E-state index in [1.54, 1.807) is 24.1 Å². The highest BCUT2D eigenvalue weighted by molar-refractivity contribution is 5.81. The standard InChI is InChI=1S/C17H22FN3O2/c1-13(17(22)20(2)9-3-8-19)21-10-11-23-16(12-21)14-4-6-15(18)7-5-14/h4-7,13,16H,3,9-12H2,1-2H3/t13-,16-/m0/s1. The van der Waals surface area contributed by atoms with E-state index in [9.17, 15) is 9.18 Å². The second-order valence-electron chi connectivity index (χ2n) is 5.75. The molecule has 2 atom stereocenters. The van der Waals surface area contributed by atoms with Crippen molar-refractivity contribution in [3.8, 4) is 6.07 Å². The quantitative estimate of drug-likeness (QED) is 0.832. The van der Waals surface area contributed by atoms with E-state index in [1.807, 2.05) is 13.0 Å². The molecule has 1 aliphatic rings. The van der Waals surface area contributed by atoms with Gasteiger partial charge in [0, 0.05) is 26.7 Å². The van der Waals surface area contributed by atoms with Crippen LogP contribution in [-0.4, -0.2) is 55.0 Å². The number of morpholine rings is 1. The molecule has 5 nitrogen and oxygen atoms in total. The van der Waals surface area contributed by atoms with Gasteiger partial charge in [0.15, 0.2) is 0 Å². The third-order valence-electron chi connectivity index (χ3n) is 4.18. The van der Waals surface area contributed by atoms with E-state index in [1.165, 1.54) is 12.1 Å². The Hall–Kier alpha value is -1.97. The molecular formula is C17H22FN3O2. The van der Waals surface area contributed by atoms with Crippen molar-refractivity contribution >= 4 is 5.91 Å². The number of rotatable bonds is 5. The number of hydrogen-bond donors (Lipinski definition) is 0. The van der Waals surface area contributed by atoms with Crippen molar-refractivity contribution in [3.63, 3.8) is 0 Å². The van der Waals surface area contributed by atoms with Gasteiger partial charge in [-0.15, -0.1) is 0 Å². The maximum atomic E-state index is 13.0. The van der Waals surface area contributed by atoms with Crippen LogP contribution in [0, 0.1) is 17.1 Å². The molecule has 0 aromatic heterocycles. The summed E-state index contributed by atoms with van der Waals surface area (Å²) in [7, 11) is 1.72. The fourth-order valence-corrected chi connectivity index (χ4v) is 2.70. The normalized spacial score (nSPS) is 19.8. The molecule has 1 aliphatic heterocycles. The summed E-state index contributed by atoms with van der Waals surface area (Å²) in [4.78, 5) is 16.1. The molecular weight excluding hydrogens is 297 g/mol. The number of nitrogens with zero attached hydrogens (tertiary/aromatic N) is 3. The number of ether oxygens (including phenoxy) is 1. The van der Waals surface area contributed by atoms with Crippen LogP contribution in [0.5, 0.6) is 0 Å². The van der Waals surface area contributed by atoms with Crippen molar-refractivity contribution in [1.82, 2.24) is 9.80 Å². The summed E-state index contributed by atoms with van der Waals surface area (Å²) in [6, 6.07) is 8.05. The molecule has 0 aliphatic carbocycles. The van der Waals surface area contributed by atoms with Gasteiger partial charge in [0.2, 0.25) is 5.91 Å². The molecule has 1 fully saturated rings. The Morgan fingerprint density at radius 2 is 2.22 bits per heavy atom. The third-order valence-corrected chi connectivity index (χ3v) is 4.18. The highest BCUT2D eigenvalue weighted by Crippen LogP contribution is 2.24. The monoisotopic (exact) mass is 319 g/mol. The van der Waals surface area contributed by atoms with E-state index >= 15 is 0 Å². The average Bonchev–Trinajstić information content (AvgIpc) is 2.59. The van der Waals surface area contributed by atoms with Gasteiger partial charge in [-0.2, -0.15) is 5.26 Å². The Morgan fingerprint density at radius 1 is 1.52 bits per heavy atom. The Labute approximate surface area is 136 Å². The molecule has 1 aromatic carbocycles. The molecule has 1 amide bonds. The van der Waals surface area contributed by atoms with Gasteiger partial charge >= 0.3 is 0 Å². The van der Waals surface area contributed by atoms with Gasteiger partial charge in [-0.05, 0) is 24.6 Å². The lowest BCUT2D eigenvalue weighted by Gasteiger charge is -2.37. The summed E-state index contributed by atoms with van der Waals surface area (Å²) in [5, 5.41) is 8.62. The Morgan fingerprint density at radius 3 is 2.87 bits per heavy atom. The van der Waals surface area contributed by atoms with E-state index in [-0.39, 0.29) is 23.9 Å². The smallest absolute Gasteiger partial charge is 0.239 e. The lowest BCUT2D eigenvalue weighted by Crippen LogP contribution is -2.50. The lowest BCUT2D eigenvalue weighted by atomic mass is 10.1. The van der Waals surface area contributed by atoms with Gasteiger partial charge in [-0.1, -0.05) is 12.1 Å². The predicted molar refractivity (Wildman–Crippen MR) is 84.0 cm³/mol. The SMILES string of the molecule is C[C@@H](C(=O)N(C)CCC#N)N1CCO[C@H](c2ccc(F)cc2)C1. The topological polar surface area (TPSA) is 56.6 Å². The summed E-state index contributed by atoms with van der Waals surface area (Å²) in [5.74, 6) is -0.274. The van der Waals surface area contributed by atoms with Crippen molar-refractivity contribution in [2.75, 3.05) is 33.3 Å². The fourth-order valence-electron chi connectivity index (χ4n) is 2.70. The minimum atomic E-state index is -0.274. The maximum Gasteiger partial charge on any atom is 0.239 e. The first-order valence-electron chi connectivity index (χ1n) is 7.76. The van der Waals surface area contributed by atoms with Gasteiger partial charge in [-0.3, -0.25) is 9.69 Å². The highest BCUT2D eigenvalue weighted by atomic mass is 19.1. The molecule has 6 heteroatoms. The Balaban J connectivity index is 1.98. The van der Waals surface area contributed by atoms with Crippen LogP contribution in [0.15, 0.2) is 24.3 Å². The van der Waals surface area contributed by atoms with Crippen LogP contribution in [0.3, 0.4) is 0 Å². The van der Waals surface area contributed by atoms with E-state index in [4.69, 9.17) is 10.00 Å². The minimum absolute atomic E-state index is 0.00000567. The van der Waals surface area contributed by atoms with Crippen LogP contribution in [0.25, 0.3) is 0 Å². The zero-order valence-corrected chi connectivity index (χ0v) is 13.5. The predicted octanol–water partition coefficient (Wildman–Crippen LogP) is 1.96. The largest absolute Gasteiger partial charge is 0.371 e. The van der Waals surface area contributed by atoms with Crippen molar-refractivity contribution in [2.45, 2.75) is 25.5 Å². The first-order chi connectivity index (χ1) is 11.0. The van der Waals surface area contributed by atoms with Crippen LogP contribution in [0.2, 0.25) is 0 Å². The molecule has 23 heavy (non-hydrogen) atoms. The fraction of sp³-hybridized carbons (Fsp3) is 0.529. The van der Waals surface area contributed by atoms with Gasteiger partial charge in [0.05, 0.1) is 31.2 Å². The molecule has 0 spiro atoms. The van der Waals surface area contributed by atoms with E-state index in [2.05, 4.69) is 4.90 Å². The van der Waals surface area contributed by atoms with Gasteiger partial charge in [-0.25, -0.2) is 4.39 Å². The van der Waals surface area contributed by atoms with Crippen molar-refractivity contribution in [2.24, 2.45) is 0 Å². The molecule has 0 N–H and O–H groups in total. The summed E-state index contributed by atoms with van der Waals surface area (Å²) in [6.07, 6.45) is 0.167. The number of hydrogen-bond acceptors (Lipinski definition) is 4. The zero-order valence-electron chi connectivity index (χ0n) is 13.5. The van der Waals surface area contributed by atoms with Crippen LogP contribution >= 0.6 is 0 Å². The molecule has 0 unspecified atom stereocenters. The molecule has 0 radical (unpaired) electrons. The lowest BCUT2D eigenvalue weighted by molar-refractivity contribution is -0.138. The van der Waals surface area contributed by atoms with Gasteiger partial charge in [0.25, 0.3) is 0 Å². The molecule has 1 aromatic rings. The van der Waals surface area contributed by atoms with E-state index < -0.39 is 0 Å². The van der Waals surface area contributed by atoms with Gasteiger partial charge in [0.1, 0.15) is 5.82 Å². The molecule has 0 saturated carbocycles. The highest BCUT2D eigenvalue weighted by Gasteiger charge is 2.30. The van der Waals surface area contributed by atoms with Crippen LogP contribution < -0.4 is 0 Å². The Kier molecular flexibility index (Phi) is 6.08. The molecule has 1 heterocycles. The number of carbonyl (C=O) groups is 1. The van der Waals surface area contributed by atoms with E-state index in [0.717, 1.165) is 5.56 Å². The molecule has 1 saturated heterocycles. The van der Waals surface area contributed by atoms with Gasteiger partial charge < -0.3 is 9.64 Å². The average molecular weight is 319 g/mol. The second-order valence-corrected chi connectivity index (χ2v) is 5.75. The third kappa shape index (κ3) is 4.50. The van der Waals surface area contributed by atoms with Crippen molar-refractivity contribution < 1.29 is 13.9 Å². The van der Waals surface area contributed by atoms with E-state index in [0.29, 0.717) is 32.7 Å². The second kappa shape index (κ2) is 8.04. The molecule has 2 rings (SSSR count). The van der Waals surface area contributed by atoms with Crippen molar-refractivity contribution in [3.05, 3.63) is 35.6 Å². The van der Waals surface area contributed by atoms with Crippen LogP contribution in [-0.2, 0) is 9.53 Å². The minimum Gasteiger partial charge on any atom is -0.371 e. The van der Waals surface area contributed by atoms with Crippen LogP contribution in [0.4, 0.5) is 4.39 Å². The summed E-state index contributed by atoms with van der Waals surface area (Å²) in [5.41, 5.74) is 0.911. The number of halogens is 1. The summed E-state index contributed by atoms with van der Waals surface area (Å²) in [6.45, 7) is 4.10. The molecule has 0 bridgehead atoms. The summed E-state index contributed by atoms with van der Waals surface area (Å²) < 4.78 is 18.8. The number of benzene rings is 1. The Bertz CT molecular complexity index is 570. The van der Waals surface area contributed by atoms with Crippen LogP contribution in [0.1, 0.15) is 25.0 Å². The maximum absolute atomic E-state index is 13.0. The number of likely N-dealkylation sites (N-methyl/N-ethyl adjacent to an activating group) is 1. The molecule has 124 valence electrons. The first kappa shape index (κ1) is 17.4. The first-order valence-corrected chi connectivity index (χ1v) is 7.76.